The second-order valence-electron chi connectivity index (χ2n) is 4.38. The number of thiophene rings is 1. The number of halogens is 1. The van der Waals surface area contributed by atoms with Crippen LogP contribution < -0.4 is 0 Å². The van der Waals surface area contributed by atoms with E-state index in [2.05, 4.69) is 22.9 Å². The van der Waals surface area contributed by atoms with E-state index in [1.54, 1.807) is 16.4 Å². The fourth-order valence-corrected chi connectivity index (χ4v) is 6.47. The third-order valence-corrected chi connectivity index (χ3v) is 7.42. The molecule has 17 heavy (non-hydrogen) atoms. The van der Waals surface area contributed by atoms with E-state index >= 15 is 0 Å². The lowest BCUT2D eigenvalue weighted by Crippen LogP contribution is -2.39. The van der Waals surface area contributed by atoms with Crippen molar-refractivity contribution in [2.75, 3.05) is 0 Å². The van der Waals surface area contributed by atoms with Crippen LogP contribution in [0.1, 0.15) is 33.1 Å². The number of hydrogen-bond donors (Lipinski definition) is 0. The van der Waals surface area contributed by atoms with E-state index in [0.717, 1.165) is 23.0 Å². The van der Waals surface area contributed by atoms with Gasteiger partial charge in [-0.15, -0.1) is 11.3 Å². The van der Waals surface area contributed by atoms with Crippen LogP contribution in [0, 0.1) is 0 Å². The fraction of sp³-hybridized carbons (Fsp3) is 0.636. The van der Waals surface area contributed by atoms with E-state index in [4.69, 9.17) is 0 Å². The van der Waals surface area contributed by atoms with Gasteiger partial charge in [-0.1, -0.05) is 6.92 Å². The molecule has 1 aromatic heterocycles. The zero-order valence-electron chi connectivity index (χ0n) is 9.89. The van der Waals surface area contributed by atoms with Gasteiger partial charge in [0.15, 0.2) is 0 Å². The van der Waals surface area contributed by atoms with Crippen molar-refractivity contribution in [3.05, 3.63) is 15.9 Å². The average Bonchev–Trinajstić information content (AvgIpc) is 2.84. The fourth-order valence-electron chi connectivity index (χ4n) is 2.41. The van der Waals surface area contributed by atoms with Gasteiger partial charge in [-0.3, -0.25) is 0 Å². The molecule has 2 rings (SSSR count). The highest BCUT2D eigenvalue weighted by atomic mass is 79.9. The zero-order valence-corrected chi connectivity index (χ0v) is 13.1. The molecule has 0 radical (unpaired) electrons. The van der Waals surface area contributed by atoms with E-state index in [1.165, 1.54) is 11.3 Å². The Morgan fingerprint density at radius 2 is 2.18 bits per heavy atom. The lowest BCUT2D eigenvalue weighted by Gasteiger charge is -2.26. The number of rotatable bonds is 3. The molecular weight excluding hydrogens is 322 g/mol. The smallest absolute Gasteiger partial charge is 0.206 e. The highest BCUT2D eigenvalue weighted by Gasteiger charge is 2.39. The van der Waals surface area contributed by atoms with Crippen LogP contribution in [0.2, 0.25) is 0 Å². The molecule has 0 bridgehead atoms. The summed E-state index contributed by atoms with van der Waals surface area (Å²) < 4.78 is 28.1. The van der Waals surface area contributed by atoms with E-state index in [0.29, 0.717) is 4.21 Å². The molecule has 6 heteroatoms. The van der Waals surface area contributed by atoms with Crippen LogP contribution >= 0.6 is 27.3 Å². The molecule has 2 unspecified atom stereocenters. The molecule has 0 amide bonds. The quantitative estimate of drug-likeness (QED) is 0.846. The maximum atomic E-state index is 12.5. The van der Waals surface area contributed by atoms with E-state index in [1.807, 2.05) is 6.92 Å². The van der Waals surface area contributed by atoms with Gasteiger partial charge in [0, 0.05) is 12.1 Å². The minimum absolute atomic E-state index is 0.117. The summed E-state index contributed by atoms with van der Waals surface area (Å²) in [6.07, 6.45) is 2.82. The normalized spacial score (nSPS) is 26.5. The average molecular weight is 338 g/mol. The first kappa shape index (κ1) is 13.5. The van der Waals surface area contributed by atoms with Crippen molar-refractivity contribution >= 4 is 37.3 Å². The predicted molar refractivity (Wildman–Crippen MR) is 73.8 cm³/mol. The minimum atomic E-state index is -3.31. The molecule has 2 heterocycles. The minimum Gasteiger partial charge on any atom is -0.206 e. The molecule has 0 saturated carbocycles. The topological polar surface area (TPSA) is 37.4 Å². The third kappa shape index (κ3) is 2.45. The van der Waals surface area contributed by atoms with Crippen molar-refractivity contribution in [2.24, 2.45) is 0 Å². The van der Waals surface area contributed by atoms with Crippen molar-refractivity contribution in [3.8, 4) is 0 Å². The van der Waals surface area contributed by atoms with Crippen molar-refractivity contribution < 1.29 is 8.42 Å². The molecule has 3 nitrogen and oxygen atoms in total. The predicted octanol–water partition coefficient (Wildman–Crippen LogP) is 3.46. The Balaban J connectivity index is 2.38. The van der Waals surface area contributed by atoms with Gasteiger partial charge in [-0.05, 0) is 54.2 Å². The van der Waals surface area contributed by atoms with Crippen molar-refractivity contribution in [1.82, 2.24) is 4.31 Å². The van der Waals surface area contributed by atoms with Crippen LogP contribution in [-0.4, -0.2) is 24.8 Å². The van der Waals surface area contributed by atoms with Gasteiger partial charge in [-0.25, -0.2) is 8.42 Å². The molecule has 0 aromatic carbocycles. The number of hydrogen-bond acceptors (Lipinski definition) is 3. The Bertz CT molecular complexity index is 497. The molecule has 1 aromatic rings. The summed E-state index contributed by atoms with van der Waals surface area (Å²) >= 11 is 4.60. The molecule has 96 valence electrons. The third-order valence-electron chi connectivity index (χ3n) is 3.26. The monoisotopic (exact) mass is 337 g/mol. The largest absolute Gasteiger partial charge is 0.253 e. The van der Waals surface area contributed by atoms with E-state index < -0.39 is 10.0 Å². The maximum Gasteiger partial charge on any atom is 0.253 e. The summed E-state index contributed by atoms with van der Waals surface area (Å²) in [7, 11) is -3.31. The van der Waals surface area contributed by atoms with Crippen molar-refractivity contribution in [2.45, 2.75) is 49.4 Å². The highest BCUT2D eigenvalue weighted by Crippen LogP contribution is 2.35. The summed E-state index contributed by atoms with van der Waals surface area (Å²) in [5.41, 5.74) is 0. The summed E-state index contributed by atoms with van der Waals surface area (Å²) in [6, 6.07) is 3.75. The second-order valence-corrected chi connectivity index (χ2v) is 8.91. The Hall–Kier alpha value is 0.0900. The summed E-state index contributed by atoms with van der Waals surface area (Å²) in [6.45, 7) is 4.05. The Morgan fingerprint density at radius 1 is 1.47 bits per heavy atom. The lowest BCUT2D eigenvalue weighted by atomic mass is 10.2. The highest BCUT2D eigenvalue weighted by molar-refractivity contribution is 9.11. The molecule has 0 N–H and O–H groups in total. The van der Waals surface area contributed by atoms with Crippen LogP contribution in [0.5, 0.6) is 0 Å². The summed E-state index contributed by atoms with van der Waals surface area (Å²) in [5.74, 6) is 0. The SMILES string of the molecule is CCC1CCC(C)N1S(=O)(=O)c1ccc(Br)s1. The van der Waals surface area contributed by atoms with Crippen LogP contribution in [0.25, 0.3) is 0 Å². The van der Waals surface area contributed by atoms with Gasteiger partial charge in [0.1, 0.15) is 4.21 Å². The first-order valence-corrected chi connectivity index (χ1v) is 8.80. The molecule has 1 aliphatic rings. The maximum absolute atomic E-state index is 12.5. The molecular formula is C11H16BrNO2S2. The van der Waals surface area contributed by atoms with Crippen LogP contribution in [0.3, 0.4) is 0 Å². The summed E-state index contributed by atoms with van der Waals surface area (Å²) in [4.78, 5) is 0. The van der Waals surface area contributed by atoms with Gasteiger partial charge >= 0.3 is 0 Å². The zero-order chi connectivity index (χ0) is 12.6. The molecule has 2 atom stereocenters. The summed E-state index contributed by atoms with van der Waals surface area (Å²) in [5, 5.41) is 0. The standard InChI is InChI=1S/C11H16BrNO2S2/c1-3-9-5-4-8(2)13(9)17(14,15)11-7-6-10(12)16-11/h6-9H,3-5H2,1-2H3. The second kappa shape index (κ2) is 4.99. The van der Waals surface area contributed by atoms with Crippen molar-refractivity contribution in [1.29, 1.82) is 0 Å². The number of sulfonamides is 1. The molecule has 1 fully saturated rings. The van der Waals surface area contributed by atoms with E-state index in [9.17, 15) is 8.42 Å². The first-order valence-electron chi connectivity index (χ1n) is 5.75. The lowest BCUT2D eigenvalue weighted by molar-refractivity contribution is 0.329. The van der Waals surface area contributed by atoms with Gasteiger partial charge in [0.25, 0.3) is 10.0 Å². The Labute approximate surface area is 115 Å². The van der Waals surface area contributed by atoms with Gasteiger partial charge in [0.05, 0.1) is 3.79 Å². The molecule has 1 saturated heterocycles. The molecule has 0 aliphatic carbocycles. The molecule has 1 aliphatic heterocycles. The van der Waals surface area contributed by atoms with Gasteiger partial charge in [0.2, 0.25) is 0 Å². The van der Waals surface area contributed by atoms with Crippen LogP contribution in [0.4, 0.5) is 0 Å². The van der Waals surface area contributed by atoms with Gasteiger partial charge < -0.3 is 0 Å². The Kier molecular flexibility index (Phi) is 3.97. The molecule has 0 spiro atoms. The van der Waals surface area contributed by atoms with Crippen LogP contribution in [-0.2, 0) is 10.0 Å². The van der Waals surface area contributed by atoms with Crippen LogP contribution in [0.15, 0.2) is 20.1 Å². The first-order chi connectivity index (χ1) is 7.96. The van der Waals surface area contributed by atoms with E-state index in [-0.39, 0.29) is 12.1 Å². The van der Waals surface area contributed by atoms with Crippen molar-refractivity contribution in [3.63, 3.8) is 0 Å². The Morgan fingerprint density at radius 3 is 2.71 bits per heavy atom. The van der Waals surface area contributed by atoms with Gasteiger partial charge in [-0.2, -0.15) is 4.31 Å². The number of nitrogens with zero attached hydrogens (tertiary/aromatic N) is 1.